The summed E-state index contributed by atoms with van der Waals surface area (Å²) in [6.07, 6.45) is 0. The van der Waals surface area contributed by atoms with E-state index in [1.165, 1.54) is 17.4 Å². The van der Waals surface area contributed by atoms with Crippen LogP contribution in [0.4, 0.5) is 11.4 Å². The van der Waals surface area contributed by atoms with Crippen LogP contribution in [-0.4, -0.2) is 8.42 Å². The molecule has 4 nitrogen and oxygen atoms in total. The smallest absolute Gasteiger partial charge is 0.263 e. The number of hydrogen-bond acceptors (Lipinski definition) is 4. The van der Waals surface area contributed by atoms with E-state index in [0.717, 1.165) is 4.47 Å². The molecule has 2 rings (SSSR count). The van der Waals surface area contributed by atoms with Gasteiger partial charge in [0.05, 0.1) is 11.4 Å². The van der Waals surface area contributed by atoms with E-state index in [1.54, 1.807) is 29.0 Å². The fourth-order valence-electron chi connectivity index (χ4n) is 1.30. The van der Waals surface area contributed by atoms with E-state index in [2.05, 4.69) is 20.7 Å². The molecule has 1 aromatic carbocycles. The predicted octanol–water partition coefficient (Wildman–Crippen LogP) is 2.89. The Morgan fingerprint density at radius 3 is 2.65 bits per heavy atom. The van der Waals surface area contributed by atoms with Crippen molar-refractivity contribution in [1.29, 1.82) is 0 Å². The van der Waals surface area contributed by atoms with Crippen molar-refractivity contribution in [3.05, 3.63) is 39.5 Å². The Hall–Kier alpha value is -1.05. The minimum atomic E-state index is -3.62. The molecule has 0 amide bonds. The predicted molar refractivity (Wildman–Crippen MR) is 73.7 cm³/mol. The Kier molecular flexibility index (Phi) is 3.41. The van der Waals surface area contributed by atoms with Crippen molar-refractivity contribution in [2.24, 2.45) is 0 Å². The maximum absolute atomic E-state index is 12.0. The Balaban J connectivity index is 2.38. The Morgan fingerprint density at radius 1 is 1.29 bits per heavy atom. The summed E-state index contributed by atoms with van der Waals surface area (Å²) < 4.78 is 27.3. The maximum atomic E-state index is 12.0. The number of sulfonamides is 1. The van der Waals surface area contributed by atoms with Crippen LogP contribution in [0.5, 0.6) is 0 Å². The molecule has 0 radical (unpaired) electrons. The number of rotatable bonds is 3. The van der Waals surface area contributed by atoms with Gasteiger partial charge in [0.2, 0.25) is 0 Å². The molecular formula is C10H9BrN2O2S2. The summed E-state index contributed by atoms with van der Waals surface area (Å²) in [6, 6.07) is 6.35. The molecular weight excluding hydrogens is 324 g/mol. The lowest BCUT2D eigenvalue weighted by molar-refractivity contribution is 0.601. The van der Waals surface area contributed by atoms with Crippen LogP contribution >= 0.6 is 27.3 Å². The summed E-state index contributed by atoms with van der Waals surface area (Å²) in [5, 5.41) is 3.51. The van der Waals surface area contributed by atoms with Gasteiger partial charge in [0, 0.05) is 9.85 Å². The van der Waals surface area contributed by atoms with Crippen LogP contribution in [-0.2, 0) is 10.0 Å². The second-order valence-electron chi connectivity index (χ2n) is 3.30. The van der Waals surface area contributed by atoms with E-state index in [-0.39, 0.29) is 10.6 Å². The fraction of sp³-hybridized carbons (Fsp3) is 0. The molecule has 0 unspecified atom stereocenters. The SMILES string of the molecule is Nc1cc(Br)ccc1S(=O)(=O)Nc1ccsc1. The first kappa shape index (κ1) is 12.4. The molecule has 0 aliphatic rings. The number of benzene rings is 1. The van der Waals surface area contributed by atoms with E-state index in [9.17, 15) is 8.42 Å². The molecule has 1 heterocycles. The summed E-state index contributed by atoms with van der Waals surface area (Å²) in [5.74, 6) is 0. The summed E-state index contributed by atoms with van der Waals surface area (Å²) in [5.41, 5.74) is 6.44. The second-order valence-corrected chi connectivity index (χ2v) is 6.65. The van der Waals surface area contributed by atoms with Crippen LogP contribution in [0.1, 0.15) is 0 Å². The zero-order chi connectivity index (χ0) is 12.5. The molecule has 2 aromatic rings. The highest BCUT2D eigenvalue weighted by atomic mass is 79.9. The number of thiophene rings is 1. The fourth-order valence-corrected chi connectivity index (χ4v) is 3.50. The molecule has 0 fully saturated rings. The summed E-state index contributed by atoms with van der Waals surface area (Å²) in [4.78, 5) is 0.0758. The van der Waals surface area contributed by atoms with Gasteiger partial charge in [-0.2, -0.15) is 11.3 Å². The zero-order valence-electron chi connectivity index (χ0n) is 8.55. The average molecular weight is 333 g/mol. The van der Waals surface area contributed by atoms with Gasteiger partial charge in [0.15, 0.2) is 0 Å². The molecule has 0 spiro atoms. The standard InChI is InChI=1S/C10H9BrN2O2S2/c11-7-1-2-10(9(12)5-7)17(14,15)13-8-3-4-16-6-8/h1-6,13H,12H2. The van der Waals surface area contributed by atoms with Gasteiger partial charge >= 0.3 is 0 Å². The Morgan fingerprint density at radius 2 is 2.06 bits per heavy atom. The summed E-state index contributed by atoms with van der Waals surface area (Å²) in [6.45, 7) is 0. The third-order valence-electron chi connectivity index (χ3n) is 2.03. The third-order valence-corrected chi connectivity index (χ3v) is 4.67. The molecule has 0 saturated carbocycles. The van der Waals surface area contributed by atoms with Gasteiger partial charge in [-0.1, -0.05) is 15.9 Å². The quantitative estimate of drug-likeness (QED) is 0.849. The van der Waals surface area contributed by atoms with E-state index in [0.29, 0.717) is 5.69 Å². The number of nitrogens with one attached hydrogen (secondary N) is 1. The molecule has 3 N–H and O–H groups in total. The van der Waals surface area contributed by atoms with Crippen LogP contribution in [0.25, 0.3) is 0 Å². The van der Waals surface area contributed by atoms with Gasteiger partial charge in [0.1, 0.15) is 4.90 Å². The van der Waals surface area contributed by atoms with E-state index in [1.807, 2.05) is 0 Å². The minimum absolute atomic E-state index is 0.0758. The molecule has 0 aliphatic carbocycles. The van der Waals surface area contributed by atoms with Crippen molar-refractivity contribution >= 4 is 48.7 Å². The van der Waals surface area contributed by atoms with Crippen molar-refractivity contribution in [3.63, 3.8) is 0 Å². The van der Waals surface area contributed by atoms with Crippen molar-refractivity contribution < 1.29 is 8.42 Å². The Bertz CT molecular complexity index is 624. The van der Waals surface area contributed by atoms with E-state index < -0.39 is 10.0 Å². The van der Waals surface area contributed by atoms with Gasteiger partial charge < -0.3 is 5.73 Å². The molecule has 0 aliphatic heterocycles. The van der Waals surface area contributed by atoms with Gasteiger partial charge in [-0.15, -0.1) is 0 Å². The highest BCUT2D eigenvalue weighted by molar-refractivity contribution is 9.10. The van der Waals surface area contributed by atoms with Crippen LogP contribution < -0.4 is 10.5 Å². The highest BCUT2D eigenvalue weighted by Crippen LogP contribution is 2.25. The first-order valence-corrected chi connectivity index (χ1v) is 7.81. The minimum Gasteiger partial charge on any atom is -0.398 e. The lowest BCUT2D eigenvalue weighted by Crippen LogP contribution is -2.14. The molecule has 90 valence electrons. The lowest BCUT2D eigenvalue weighted by atomic mass is 10.3. The second kappa shape index (κ2) is 4.67. The van der Waals surface area contributed by atoms with E-state index in [4.69, 9.17) is 5.73 Å². The summed E-state index contributed by atoms with van der Waals surface area (Å²) in [7, 11) is -3.62. The number of anilines is 2. The topological polar surface area (TPSA) is 72.2 Å². The highest BCUT2D eigenvalue weighted by Gasteiger charge is 2.17. The first-order chi connectivity index (χ1) is 7.99. The lowest BCUT2D eigenvalue weighted by Gasteiger charge is -2.08. The van der Waals surface area contributed by atoms with Crippen LogP contribution in [0.3, 0.4) is 0 Å². The van der Waals surface area contributed by atoms with Gasteiger partial charge in [-0.3, -0.25) is 4.72 Å². The van der Waals surface area contributed by atoms with Crippen LogP contribution in [0.15, 0.2) is 44.4 Å². The van der Waals surface area contributed by atoms with Crippen LogP contribution in [0.2, 0.25) is 0 Å². The summed E-state index contributed by atoms with van der Waals surface area (Å²) >= 11 is 4.65. The number of nitrogen functional groups attached to an aromatic ring is 1. The van der Waals surface area contributed by atoms with Gasteiger partial charge in [-0.25, -0.2) is 8.42 Å². The molecule has 0 atom stereocenters. The number of hydrogen-bond donors (Lipinski definition) is 2. The molecule has 7 heteroatoms. The normalized spacial score (nSPS) is 11.4. The van der Waals surface area contributed by atoms with Gasteiger partial charge in [-0.05, 0) is 29.6 Å². The van der Waals surface area contributed by atoms with Crippen molar-refractivity contribution in [2.75, 3.05) is 10.5 Å². The molecule has 0 saturated heterocycles. The largest absolute Gasteiger partial charge is 0.398 e. The molecule has 17 heavy (non-hydrogen) atoms. The maximum Gasteiger partial charge on any atom is 0.263 e. The van der Waals surface area contributed by atoms with Gasteiger partial charge in [0.25, 0.3) is 10.0 Å². The van der Waals surface area contributed by atoms with Crippen molar-refractivity contribution in [1.82, 2.24) is 0 Å². The molecule has 0 bridgehead atoms. The van der Waals surface area contributed by atoms with Crippen LogP contribution in [0, 0.1) is 0 Å². The number of nitrogens with two attached hydrogens (primary N) is 1. The monoisotopic (exact) mass is 332 g/mol. The third kappa shape index (κ3) is 2.80. The Labute approximate surface area is 112 Å². The number of halogens is 1. The molecule has 1 aromatic heterocycles. The van der Waals surface area contributed by atoms with E-state index >= 15 is 0 Å². The average Bonchev–Trinajstić information content (AvgIpc) is 2.68. The van der Waals surface area contributed by atoms with Crippen molar-refractivity contribution in [3.8, 4) is 0 Å². The first-order valence-electron chi connectivity index (χ1n) is 4.59. The zero-order valence-corrected chi connectivity index (χ0v) is 11.8. The van der Waals surface area contributed by atoms with Crippen molar-refractivity contribution in [2.45, 2.75) is 4.90 Å².